The highest BCUT2D eigenvalue weighted by molar-refractivity contribution is 7.80. The van der Waals surface area contributed by atoms with Gasteiger partial charge in [-0.3, -0.25) is 10.1 Å². The first-order valence-corrected chi connectivity index (χ1v) is 3.39. The van der Waals surface area contributed by atoms with E-state index in [0.717, 1.165) is 0 Å². The number of thiol groups is 1. The number of nitrogens with one attached hydrogen (secondary N) is 2. The molecule has 0 rings (SSSR count). The summed E-state index contributed by atoms with van der Waals surface area (Å²) in [6.07, 6.45) is -0.00849. The number of hydrogen-bond donors (Lipinski definition) is 3. The van der Waals surface area contributed by atoms with Gasteiger partial charge < -0.3 is 5.32 Å². The van der Waals surface area contributed by atoms with Crippen LogP contribution in [0.15, 0.2) is 0 Å². The van der Waals surface area contributed by atoms with Crippen LogP contribution in [0.4, 0.5) is 0 Å². The van der Waals surface area contributed by atoms with E-state index in [1.807, 2.05) is 0 Å². The van der Waals surface area contributed by atoms with Crippen LogP contribution in [0.3, 0.4) is 0 Å². The van der Waals surface area contributed by atoms with Crippen molar-refractivity contribution in [1.82, 2.24) is 10.6 Å². The van der Waals surface area contributed by atoms with E-state index in [9.17, 15) is 4.79 Å². The minimum absolute atomic E-state index is 0.00849. The molecule has 0 aliphatic rings. The summed E-state index contributed by atoms with van der Waals surface area (Å²) in [5, 5.41) is 5.53. The topological polar surface area (TPSA) is 41.1 Å². The Labute approximate surface area is 60.6 Å². The molecule has 0 spiro atoms. The van der Waals surface area contributed by atoms with Gasteiger partial charge in [0.05, 0.1) is 6.17 Å². The Kier molecular flexibility index (Phi) is 4.53. The molecule has 0 aliphatic heterocycles. The SMILES string of the molecule is CNC(CS)NC(C)=O. The highest BCUT2D eigenvalue weighted by Gasteiger charge is 2.01. The number of carbonyl (C=O) groups excluding carboxylic acids is 1. The molecule has 0 saturated carbocycles. The van der Waals surface area contributed by atoms with E-state index in [4.69, 9.17) is 0 Å². The van der Waals surface area contributed by atoms with Gasteiger partial charge in [0.2, 0.25) is 5.91 Å². The van der Waals surface area contributed by atoms with E-state index < -0.39 is 0 Å². The van der Waals surface area contributed by atoms with Gasteiger partial charge >= 0.3 is 0 Å². The lowest BCUT2D eigenvalue weighted by Gasteiger charge is -2.12. The summed E-state index contributed by atoms with van der Waals surface area (Å²) in [5.41, 5.74) is 0. The minimum Gasteiger partial charge on any atom is -0.340 e. The number of amides is 1. The fourth-order valence-electron chi connectivity index (χ4n) is 0.454. The molecule has 4 heteroatoms. The smallest absolute Gasteiger partial charge is 0.218 e. The molecular formula is C5H12N2OS. The summed E-state index contributed by atoms with van der Waals surface area (Å²) in [5.74, 6) is 0.569. The van der Waals surface area contributed by atoms with E-state index >= 15 is 0 Å². The Bertz CT molecular complexity index is 93.0. The minimum atomic E-state index is -0.0385. The fraction of sp³-hybridized carbons (Fsp3) is 0.800. The van der Waals surface area contributed by atoms with Crippen LogP contribution >= 0.6 is 12.6 Å². The second-order valence-electron chi connectivity index (χ2n) is 1.72. The zero-order valence-electron chi connectivity index (χ0n) is 5.64. The average Bonchev–Trinajstić information content (AvgIpc) is 1.82. The first-order valence-electron chi connectivity index (χ1n) is 2.76. The normalized spacial score (nSPS) is 12.8. The third-order valence-electron chi connectivity index (χ3n) is 0.909. The van der Waals surface area contributed by atoms with Crippen molar-refractivity contribution in [3.05, 3.63) is 0 Å². The van der Waals surface area contributed by atoms with Crippen LogP contribution in [0.25, 0.3) is 0 Å². The van der Waals surface area contributed by atoms with Gasteiger partial charge in [-0.25, -0.2) is 0 Å². The zero-order chi connectivity index (χ0) is 7.28. The fourth-order valence-corrected chi connectivity index (χ4v) is 0.728. The van der Waals surface area contributed by atoms with Crippen LogP contribution < -0.4 is 10.6 Å². The predicted octanol–water partition coefficient (Wildman–Crippen LogP) is -0.402. The Morgan fingerprint density at radius 2 is 2.33 bits per heavy atom. The van der Waals surface area contributed by atoms with Crippen LogP contribution in [-0.2, 0) is 4.79 Å². The van der Waals surface area contributed by atoms with E-state index in [1.165, 1.54) is 6.92 Å². The molecule has 0 radical (unpaired) electrons. The number of hydrogen-bond acceptors (Lipinski definition) is 3. The Morgan fingerprint density at radius 3 is 2.44 bits per heavy atom. The van der Waals surface area contributed by atoms with Crippen LogP contribution in [0.2, 0.25) is 0 Å². The third kappa shape index (κ3) is 4.29. The summed E-state index contributed by atoms with van der Waals surface area (Å²) in [6.45, 7) is 1.48. The summed E-state index contributed by atoms with van der Waals surface area (Å²) in [4.78, 5) is 10.4. The predicted molar refractivity (Wildman–Crippen MR) is 40.5 cm³/mol. The van der Waals surface area contributed by atoms with Crippen LogP contribution in [0.5, 0.6) is 0 Å². The highest BCUT2D eigenvalue weighted by Crippen LogP contribution is 1.79. The molecule has 54 valence electrons. The zero-order valence-corrected chi connectivity index (χ0v) is 6.53. The average molecular weight is 148 g/mol. The monoisotopic (exact) mass is 148 g/mol. The lowest BCUT2D eigenvalue weighted by molar-refractivity contribution is -0.119. The third-order valence-corrected chi connectivity index (χ3v) is 1.27. The van der Waals surface area contributed by atoms with Crippen molar-refractivity contribution in [2.45, 2.75) is 13.1 Å². The first-order chi connectivity index (χ1) is 4.20. The standard InChI is InChI=1S/C5H12N2OS/c1-4(8)7-5(3-9)6-2/h5-6,9H,3H2,1-2H3,(H,7,8). The summed E-state index contributed by atoms with van der Waals surface area (Å²) in [7, 11) is 1.77. The van der Waals surface area contributed by atoms with Gasteiger partial charge in [0.15, 0.2) is 0 Å². The Hall–Kier alpha value is -0.220. The van der Waals surface area contributed by atoms with Gasteiger partial charge in [-0.15, -0.1) is 0 Å². The van der Waals surface area contributed by atoms with Crippen molar-refractivity contribution in [3.8, 4) is 0 Å². The lowest BCUT2D eigenvalue weighted by Crippen LogP contribution is -2.43. The molecule has 9 heavy (non-hydrogen) atoms. The van der Waals surface area contributed by atoms with Gasteiger partial charge in [-0.1, -0.05) is 0 Å². The molecule has 0 aliphatic carbocycles. The van der Waals surface area contributed by atoms with Crippen molar-refractivity contribution in [2.24, 2.45) is 0 Å². The molecule has 0 fully saturated rings. The molecule has 2 N–H and O–H groups in total. The van der Waals surface area contributed by atoms with Crippen molar-refractivity contribution < 1.29 is 4.79 Å². The molecule has 0 aromatic rings. The van der Waals surface area contributed by atoms with E-state index in [-0.39, 0.29) is 12.1 Å². The quantitative estimate of drug-likeness (QED) is 0.376. The van der Waals surface area contributed by atoms with Crippen molar-refractivity contribution >= 4 is 18.5 Å². The molecule has 1 amide bonds. The van der Waals surface area contributed by atoms with Gasteiger partial charge in [-0.2, -0.15) is 12.6 Å². The van der Waals surface area contributed by atoms with Crippen molar-refractivity contribution in [3.63, 3.8) is 0 Å². The first kappa shape index (κ1) is 8.78. The van der Waals surface area contributed by atoms with Gasteiger partial charge in [0.1, 0.15) is 0 Å². The molecule has 0 heterocycles. The Balaban J connectivity index is 3.43. The molecule has 1 unspecified atom stereocenters. The second-order valence-corrected chi connectivity index (χ2v) is 2.09. The molecular weight excluding hydrogens is 136 g/mol. The van der Waals surface area contributed by atoms with Gasteiger partial charge in [0, 0.05) is 12.7 Å². The van der Waals surface area contributed by atoms with E-state index in [0.29, 0.717) is 5.75 Å². The van der Waals surface area contributed by atoms with E-state index in [2.05, 4.69) is 23.3 Å². The summed E-state index contributed by atoms with van der Waals surface area (Å²) in [6, 6.07) is 0. The van der Waals surface area contributed by atoms with Crippen molar-refractivity contribution in [2.75, 3.05) is 12.8 Å². The van der Waals surface area contributed by atoms with Gasteiger partial charge in [-0.05, 0) is 7.05 Å². The lowest BCUT2D eigenvalue weighted by atomic mass is 10.5. The van der Waals surface area contributed by atoms with Crippen LogP contribution in [0.1, 0.15) is 6.92 Å². The Morgan fingerprint density at radius 1 is 1.78 bits per heavy atom. The second kappa shape index (κ2) is 4.64. The maximum atomic E-state index is 10.4. The molecule has 1 atom stereocenters. The molecule has 0 aromatic carbocycles. The number of carbonyl (C=O) groups is 1. The van der Waals surface area contributed by atoms with Crippen LogP contribution in [-0.4, -0.2) is 24.9 Å². The maximum Gasteiger partial charge on any atom is 0.218 e. The van der Waals surface area contributed by atoms with E-state index in [1.54, 1.807) is 7.05 Å². The van der Waals surface area contributed by atoms with Crippen LogP contribution in [0, 0.1) is 0 Å². The summed E-state index contributed by atoms with van der Waals surface area (Å²) < 4.78 is 0. The van der Waals surface area contributed by atoms with Crippen molar-refractivity contribution in [1.29, 1.82) is 0 Å². The van der Waals surface area contributed by atoms with Gasteiger partial charge in [0.25, 0.3) is 0 Å². The molecule has 0 saturated heterocycles. The maximum absolute atomic E-state index is 10.4. The molecule has 0 bridgehead atoms. The largest absolute Gasteiger partial charge is 0.340 e. The number of rotatable bonds is 3. The summed E-state index contributed by atoms with van der Waals surface area (Å²) >= 11 is 3.99. The molecule has 3 nitrogen and oxygen atoms in total. The molecule has 0 aromatic heterocycles. The highest BCUT2D eigenvalue weighted by atomic mass is 32.1.